The van der Waals surface area contributed by atoms with E-state index in [4.69, 9.17) is 19.4 Å². The molecule has 3 heterocycles. The zero-order valence-electron chi connectivity index (χ0n) is 19.3. The first-order valence-corrected chi connectivity index (χ1v) is 11.9. The van der Waals surface area contributed by atoms with Crippen LogP contribution in [0.2, 0.25) is 0 Å². The molecule has 1 aliphatic rings. The van der Waals surface area contributed by atoms with Crippen LogP contribution < -0.4 is 10.2 Å². The van der Waals surface area contributed by atoms with Gasteiger partial charge in [0.2, 0.25) is 0 Å². The number of carbonyl (C=O) groups is 2. The molecular formula is C24H28N4O4S. The zero-order valence-corrected chi connectivity index (χ0v) is 20.1. The van der Waals surface area contributed by atoms with Crippen molar-refractivity contribution in [3.05, 3.63) is 40.3 Å². The smallest absolute Gasteiger partial charge is 0.341 e. The number of esters is 2. The van der Waals surface area contributed by atoms with E-state index in [9.17, 15) is 9.59 Å². The van der Waals surface area contributed by atoms with E-state index in [0.29, 0.717) is 54.7 Å². The van der Waals surface area contributed by atoms with Crippen molar-refractivity contribution in [2.75, 3.05) is 37.0 Å². The topological polar surface area (TPSA) is 93.6 Å². The van der Waals surface area contributed by atoms with Crippen molar-refractivity contribution in [3.63, 3.8) is 0 Å². The molecule has 1 fully saturated rings. The van der Waals surface area contributed by atoms with Gasteiger partial charge in [0.25, 0.3) is 0 Å². The summed E-state index contributed by atoms with van der Waals surface area (Å²) in [5.74, 6) is 0.669. The minimum atomic E-state index is -0.384. The van der Waals surface area contributed by atoms with Crippen LogP contribution >= 0.6 is 11.3 Å². The van der Waals surface area contributed by atoms with Gasteiger partial charge in [-0.05, 0) is 51.3 Å². The van der Waals surface area contributed by atoms with Gasteiger partial charge in [-0.15, -0.1) is 11.3 Å². The highest BCUT2D eigenvalue weighted by molar-refractivity contribution is 7.16. The Morgan fingerprint density at radius 3 is 2.45 bits per heavy atom. The maximum atomic E-state index is 12.5. The number of carbonyl (C=O) groups excluding carboxylic acids is 2. The van der Waals surface area contributed by atoms with Crippen molar-refractivity contribution < 1.29 is 19.1 Å². The molecule has 33 heavy (non-hydrogen) atoms. The molecule has 1 aliphatic heterocycles. The summed E-state index contributed by atoms with van der Waals surface area (Å²) in [6, 6.07) is 7.70. The Hall–Kier alpha value is -3.20. The third kappa shape index (κ3) is 4.64. The second kappa shape index (κ2) is 9.74. The minimum Gasteiger partial charge on any atom is -0.466 e. The molecule has 2 aromatic heterocycles. The van der Waals surface area contributed by atoms with Crippen LogP contribution in [0.4, 0.5) is 16.6 Å². The molecule has 174 valence electrons. The van der Waals surface area contributed by atoms with Crippen LogP contribution in [0.25, 0.3) is 11.0 Å². The van der Waals surface area contributed by atoms with Crippen LogP contribution in [0.5, 0.6) is 0 Å². The number of thiophene rings is 1. The molecule has 4 rings (SSSR count). The van der Waals surface area contributed by atoms with Crippen LogP contribution in [0.1, 0.15) is 40.6 Å². The summed E-state index contributed by atoms with van der Waals surface area (Å²) in [4.78, 5) is 37.5. The summed E-state index contributed by atoms with van der Waals surface area (Å²) in [6.07, 6.45) is 1.38. The number of hydrogen-bond donors (Lipinski definition) is 1. The first-order valence-electron chi connectivity index (χ1n) is 11.1. The number of benzene rings is 1. The third-order valence-electron chi connectivity index (χ3n) is 5.97. The largest absolute Gasteiger partial charge is 0.466 e. The van der Waals surface area contributed by atoms with Crippen molar-refractivity contribution in [2.24, 2.45) is 5.92 Å². The van der Waals surface area contributed by atoms with Crippen LogP contribution in [-0.4, -0.2) is 48.7 Å². The third-order valence-corrected chi connectivity index (χ3v) is 7.10. The second-order valence-electron chi connectivity index (χ2n) is 8.00. The van der Waals surface area contributed by atoms with Gasteiger partial charge in [0.15, 0.2) is 11.6 Å². The molecule has 9 heteroatoms. The minimum absolute atomic E-state index is 0.0976. The quantitative estimate of drug-likeness (QED) is 0.524. The molecule has 8 nitrogen and oxygen atoms in total. The number of rotatable bonds is 6. The van der Waals surface area contributed by atoms with Gasteiger partial charge in [-0.2, -0.15) is 0 Å². The maximum absolute atomic E-state index is 12.5. The lowest BCUT2D eigenvalue weighted by atomic mass is 9.97. The maximum Gasteiger partial charge on any atom is 0.341 e. The Balaban J connectivity index is 1.69. The number of aromatic nitrogens is 2. The standard InChI is InChI=1S/C24H28N4O4S/c1-5-32-23(29)16-10-12-28(13-11-16)21-20(25-17-8-6-7-9-18(17)26-21)27-22-19(24(30)31-4)14(2)15(3)33-22/h6-9,16H,5,10-13H2,1-4H3,(H,25,27). The number of aryl methyl sites for hydroxylation is 1. The average Bonchev–Trinajstić information content (AvgIpc) is 3.11. The SMILES string of the molecule is CCOC(=O)C1CCN(c2nc3ccccc3nc2Nc2sc(C)c(C)c2C(=O)OC)CC1. The summed E-state index contributed by atoms with van der Waals surface area (Å²) in [5.41, 5.74) is 2.95. The fourth-order valence-corrected chi connectivity index (χ4v) is 5.10. The Kier molecular flexibility index (Phi) is 6.78. The van der Waals surface area contributed by atoms with Gasteiger partial charge in [0.05, 0.1) is 36.2 Å². The number of anilines is 3. The van der Waals surface area contributed by atoms with Crippen LogP contribution in [0, 0.1) is 19.8 Å². The first kappa shape index (κ1) is 23.0. The van der Waals surface area contributed by atoms with E-state index in [2.05, 4.69) is 10.2 Å². The number of methoxy groups -OCH3 is 1. The van der Waals surface area contributed by atoms with Gasteiger partial charge in [-0.3, -0.25) is 4.79 Å². The van der Waals surface area contributed by atoms with Gasteiger partial charge in [-0.1, -0.05) is 12.1 Å². The Bertz CT molecular complexity index is 1180. The lowest BCUT2D eigenvalue weighted by Crippen LogP contribution is -2.37. The summed E-state index contributed by atoms with van der Waals surface area (Å²) in [7, 11) is 1.38. The van der Waals surface area contributed by atoms with E-state index in [1.807, 2.05) is 45.0 Å². The number of ether oxygens (including phenoxy) is 2. The molecule has 0 amide bonds. The highest BCUT2D eigenvalue weighted by atomic mass is 32.1. The molecule has 0 aliphatic carbocycles. The predicted molar refractivity (Wildman–Crippen MR) is 130 cm³/mol. The summed E-state index contributed by atoms with van der Waals surface area (Å²) in [5, 5.41) is 4.06. The van der Waals surface area contributed by atoms with Crippen molar-refractivity contribution >= 4 is 50.9 Å². The monoisotopic (exact) mass is 468 g/mol. The lowest BCUT2D eigenvalue weighted by Gasteiger charge is -2.32. The van der Waals surface area contributed by atoms with Crippen LogP contribution in [0.3, 0.4) is 0 Å². The van der Waals surface area contributed by atoms with E-state index >= 15 is 0 Å². The summed E-state index contributed by atoms with van der Waals surface area (Å²) >= 11 is 1.49. The van der Waals surface area contributed by atoms with Crippen molar-refractivity contribution in [3.8, 4) is 0 Å². The number of piperidine rings is 1. The predicted octanol–water partition coefficient (Wildman–Crippen LogP) is 4.62. The van der Waals surface area contributed by atoms with E-state index in [1.54, 1.807) is 0 Å². The fraction of sp³-hybridized carbons (Fsp3) is 0.417. The molecule has 0 saturated carbocycles. The highest BCUT2D eigenvalue weighted by Gasteiger charge is 2.29. The number of para-hydroxylation sites is 2. The van der Waals surface area contributed by atoms with Gasteiger partial charge >= 0.3 is 11.9 Å². The van der Waals surface area contributed by atoms with E-state index in [-0.39, 0.29) is 17.9 Å². The van der Waals surface area contributed by atoms with Gasteiger partial charge < -0.3 is 19.7 Å². The Morgan fingerprint density at radius 2 is 1.82 bits per heavy atom. The van der Waals surface area contributed by atoms with Crippen molar-refractivity contribution in [1.29, 1.82) is 0 Å². The van der Waals surface area contributed by atoms with Crippen LogP contribution in [0.15, 0.2) is 24.3 Å². The number of hydrogen-bond acceptors (Lipinski definition) is 9. The second-order valence-corrected chi connectivity index (χ2v) is 9.23. The molecule has 3 aromatic rings. The Morgan fingerprint density at radius 1 is 1.15 bits per heavy atom. The number of nitrogens with zero attached hydrogens (tertiary/aromatic N) is 3. The molecule has 0 spiro atoms. The number of fused-ring (bicyclic) bond motifs is 1. The van der Waals surface area contributed by atoms with Crippen molar-refractivity contribution in [2.45, 2.75) is 33.6 Å². The molecule has 0 radical (unpaired) electrons. The molecule has 1 N–H and O–H groups in total. The molecule has 0 unspecified atom stereocenters. The van der Waals surface area contributed by atoms with Crippen molar-refractivity contribution in [1.82, 2.24) is 9.97 Å². The molecule has 1 saturated heterocycles. The van der Waals surface area contributed by atoms with Gasteiger partial charge in [0, 0.05) is 18.0 Å². The molecule has 0 bridgehead atoms. The molecule has 0 atom stereocenters. The normalized spacial score (nSPS) is 14.4. The van der Waals surface area contributed by atoms with E-state index < -0.39 is 0 Å². The first-order chi connectivity index (χ1) is 15.9. The zero-order chi connectivity index (χ0) is 23.5. The fourth-order valence-electron chi connectivity index (χ4n) is 4.05. The molecule has 1 aromatic carbocycles. The number of nitrogens with one attached hydrogen (secondary N) is 1. The highest BCUT2D eigenvalue weighted by Crippen LogP contribution is 2.38. The van der Waals surface area contributed by atoms with Gasteiger partial charge in [-0.25, -0.2) is 14.8 Å². The summed E-state index contributed by atoms with van der Waals surface area (Å²) in [6.45, 7) is 7.44. The van der Waals surface area contributed by atoms with E-state index in [0.717, 1.165) is 21.5 Å². The molecular weight excluding hydrogens is 440 g/mol. The van der Waals surface area contributed by atoms with E-state index in [1.165, 1.54) is 18.4 Å². The van der Waals surface area contributed by atoms with Crippen LogP contribution in [-0.2, 0) is 14.3 Å². The Labute approximate surface area is 196 Å². The average molecular weight is 469 g/mol. The van der Waals surface area contributed by atoms with Gasteiger partial charge in [0.1, 0.15) is 5.00 Å². The lowest BCUT2D eigenvalue weighted by molar-refractivity contribution is -0.148. The summed E-state index contributed by atoms with van der Waals surface area (Å²) < 4.78 is 10.2.